The van der Waals surface area contributed by atoms with Crippen molar-refractivity contribution in [1.29, 1.82) is 0 Å². The summed E-state index contributed by atoms with van der Waals surface area (Å²) in [5.74, 6) is -1.12. The molecule has 1 N–H and O–H groups in total. The van der Waals surface area contributed by atoms with E-state index in [0.717, 1.165) is 5.56 Å². The highest BCUT2D eigenvalue weighted by Crippen LogP contribution is 2.12. The summed E-state index contributed by atoms with van der Waals surface area (Å²) in [7, 11) is 0. The molecule has 0 atom stereocenters. The molecule has 0 spiro atoms. The molecule has 5 heteroatoms. The van der Waals surface area contributed by atoms with E-state index in [-0.39, 0.29) is 23.9 Å². The highest BCUT2D eigenvalue weighted by Gasteiger charge is 2.13. The Hall–Kier alpha value is -3.73. The number of hydrogen-bond acceptors (Lipinski definition) is 4. The van der Waals surface area contributed by atoms with Crippen LogP contribution in [0.15, 0.2) is 84.9 Å². The zero-order chi connectivity index (χ0) is 19.8. The Bertz CT molecular complexity index is 951. The van der Waals surface area contributed by atoms with Gasteiger partial charge >= 0.3 is 5.97 Å². The molecule has 0 heterocycles. The number of ketones is 1. The van der Waals surface area contributed by atoms with E-state index in [1.807, 2.05) is 36.4 Å². The van der Waals surface area contributed by atoms with Gasteiger partial charge in [-0.2, -0.15) is 0 Å². The lowest BCUT2D eigenvalue weighted by molar-refractivity contribution is -0.124. The van der Waals surface area contributed by atoms with Gasteiger partial charge in [0.15, 0.2) is 12.4 Å². The summed E-state index contributed by atoms with van der Waals surface area (Å²) in [5, 5.41) is 2.69. The third kappa shape index (κ3) is 5.14. The third-order valence-electron chi connectivity index (χ3n) is 4.09. The maximum Gasteiger partial charge on any atom is 0.338 e. The highest BCUT2D eigenvalue weighted by molar-refractivity contribution is 6.09. The molecule has 0 aliphatic rings. The SMILES string of the molecule is O=C(COC(=O)c1ccc(C(=O)c2ccccc2)cc1)NCc1ccccc1. The van der Waals surface area contributed by atoms with E-state index in [0.29, 0.717) is 17.7 Å². The van der Waals surface area contributed by atoms with Gasteiger partial charge in [-0.25, -0.2) is 4.79 Å². The number of carbonyl (C=O) groups excluding carboxylic acids is 3. The van der Waals surface area contributed by atoms with E-state index < -0.39 is 5.97 Å². The standard InChI is InChI=1S/C23H19NO4/c25-21(24-15-17-7-3-1-4-8-17)16-28-23(27)20-13-11-19(12-14-20)22(26)18-9-5-2-6-10-18/h1-14H,15-16H2,(H,24,25). The Morgan fingerprint density at radius 3 is 1.86 bits per heavy atom. The molecule has 0 aliphatic carbocycles. The van der Waals surface area contributed by atoms with Crippen molar-refractivity contribution in [2.45, 2.75) is 6.54 Å². The summed E-state index contributed by atoms with van der Waals surface area (Å²) >= 11 is 0. The van der Waals surface area contributed by atoms with Crippen LogP contribution in [0.1, 0.15) is 31.8 Å². The van der Waals surface area contributed by atoms with Crippen molar-refractivity contribution in [3.63, 3.8) is 0 Å². The minimum Gasteiger partial charge on any atom is -0.452 e. The topological polar surface area (TPSA) is 72.5 Å². The summed E-state index contributed by atoms with van der Waals surface area (Å²) in [6.07, 6.45) is 0. The fourth-order valence-electron chi connectivity index (χ4n) is 2.58. The first-order valence-electron chi connectivity index (χ1n) is 8.81. The number of ether oxygens (including phenoxy) is 1. The van der Waals surface area contributed by atoms with Gasteiger partial charge in [-0.3, -0.25) is 9.59 Å². The molecule has 28 heavy (non-hydrogen) atoms. The Balaban J connectivity index is 1.50. The number of amides is 1. The van der Waals surface area contributed by atoms with E-state index >= 15 is 0 Å². The van der Waals surface area contributed by atoms with Gasteiger partial charge in [0.25, 0.3) is 5.91 Å². The minimum atomic E-state index is -0.617. The average molecular weight is 373 g/mol. The Kier molecular flexibility index (Phi) is 6.31. The van der Waals surface area contributed by atoms with Gasteiger partial charge in [0.1, 0.15) is 0 Å². The molecular weight excluding hydrogens is 354 g/mol. The smallest absolute Gasteiger partial charge is 0.338 e. The highest BCUT2D eigenvalue weighted by atomic mass is 16.5. The summed E-state index contributed by atoms with van der Waals surface area (Å²) < 4.78 is 5.03. The van der Waals surface area contributed by atoms with Crippen molar-refractivity contribution in [1.82, 2.24) is 5.32 Å². The van der Waals surface area contributed by atoms with Crippen LogP contribution in [0.25, 0.3) is 0 Å². The van der Waals surface area contributed by atoms with Crippen LogP contribution in [0.5, 0.6) is 0 Å². The van der Waals surface area contributed by atoms with E-state index in [1.165, 1.54) is 12.1 Å². The lowest BCUT2D eigenvalue weighted by Gasteiger charge is -2.07. The summed E-state index contributed by atoms with van der Waals surface area (Å²) in [4.78, 5) is 36.3. The van der Waals surface area contributed by atoms with Gasteiger partial charge in [-0.15, -0.1) is 0 Å². The zero-order valence-corrected chi connectivity index (χ0v) is 15.1. The fourth-order valence-corrected chi connectivity index (χ4v) is 2.58. The normalized spacial score (nSPS) is 10.1. The minimum absolute atomic E-state index is 0.124. The molecule has 0 aliphatic heterocycles. The predicted molar refractivity (Wildman–Crippen MR) is 105 cm³/mol. The van der Waals surface area contributed by atoms with Crippen molar-refractivity contribution >= 4 is 17.7 Å². The van der Waals surface area contributed by atoms with Gasteiger partial charge in [-0.1, -0.05) is 72.8 Å². The summed E-state index contributed by atoms with van der Waals surface area (Å²) in [5.41, 5.74) is 2.29. The fraction of sp³-hybridized carbons (Fsp3) is 0.0870. The molecule has 3 aromatic rings. The monoisotopic (exact) mass is 373 g/mol. The maximum atomic E-state index is 12.4. The van der Waals surface area contributed by atoms with Gasteiger partial charge in [-0.05, 0) is 17.7 Å². The van der Waals surface area contributed by atoms with Gasteiger partial charge in [0.05, 0.1) is 5.56 Å². The second-order valence-corrected chi connectivity index (χ2v) is 6.11. The molecule has 1 amide bonds. The number of rotatable bonds is 7. The van der Waals surface area contributed by atoms with Crippen LogP contribution in [0.3, 0.4) is 0 Å². The average Bonchev–Trinajstić information content (AvgIpc) is 2.77. The van der Waals surface area contributed by atoms with E-state index in [9.17, 15) is 14.4 Å². The molecule has 3 aromatic carbocycles. The molecule has 0 radical (unpaired) electrons. The lowest BCUT2D eigenvalue weighted by Crippen LogP contribution is -2.28. The van der Waals surface area contributed by atoms with Crippen LogP contribution < -0.4 is 5.32 Å². The second-order valence-electron chi connectivity index (χ2n) is 6.11. The quantitative estimate of drug-likeness (QED) is 0.509. The number of esters is 1. The molecule has 0 bridgehead atoms. The Morgan fingerprint density at radius 1 is 0.679 bits per heavy atom. The van der Waals surface area contributed by atoms with E-state index in [4.69, 9.17) is 4.74 Å². The molecule has 0 saturated carbocycles. The molecule has 5 nitrogen and oxygen atoms in total. The van der Waals surface area contributed by atoms with Crippen molar-refractivity contribution in [3.05, 3.63) is 107 Å². The third-order valence-corrected chi connectivity index (χ3v) is 4.09. The molecule has 140 valence electrons. The van der Waals surface area contributed by atoms with Crippen LogP contribution in [0, 0.1) is 0 Å². The van der Waals surface area contributed by atoms with Crippen molar-refractivity contribution < 1.29 is 19.1 Å². The largest absolute Gasteiger partial charge is 0.452 e. The van der Waals surface area contributed by atoms with Crippen molar-refractivity contribution in [2.75, 3.05) is 6.61 Å². The molecule has 3 rings (SSSR count). The van der Waals surface area contributed by atoms with E-state index in [2.05, 4.69) is 5.32 Å². The van der Waals surface area contributed by atoms with Crippen LogP contribution in [0.2, 0.25) is 0 Å². The first-order valence-corrected chi connectivity index (χ1v) is 8.81. The molecule has 0 aromatic heterocycles. The van der Waals surface area contributed by atoms with E-state index in [1.54, 1.807) is 36.4 Å². The van der Waals surface area contributed by atoms with Gasteiger partial charge in [0.2, 0.25) is 0 Å². The van der Waals surface area contributed by atoms with Crippen LogP contribution in [0.4, 0.5) is 0 Å². The number of carbonyl (C=O) groups is 3. The van der Waals surface area contributed by atoms with Crippen molar-refractivity contribution in [2.24, 2.45) is 0 Å². The van der Waals surface area contributed by atoms with Crippen LogP contribution in [-0.2, 0) is 16.1 Å². The second kappa shape index (κ2) is 9.28. The summed E-state index contributed by atoms with van der Waals surface area (Å²) in [6.45, 7) is 0.00385. The van der Waals surface area contributed by atoms with Crippen LogP contribution in [-0.4, -0.2) is 24.3 Å². The molecule has 0 fully saturated rings. The first kappa shape index (κ1) is 19.0. The Labute approximate surface area is 163 Å². The number of benzene rings is 3. The Morgan fingerprint density at radius 2 is 1.21 bits per heavy atom. The first-order chi connectivity index (χ1) is 13.6. The summed E-state index contributed by atoms with van der Waals surface area (Å²) in [6, 6.07) is 24.5. The maximum absolute atomic E-state index is 12.4. The molecule has 0 unspecified atom stereocenters. The van der Waals surface area contributed by atoms with Crippen molar-refractivity contribution in [3.8, 4) is 0 Å². The molecular formula is C23H19NO4. The van der Waals surface area contributed by atoms with Gasteiger partial charge < -0.3 is 10.1 Å². The lowest BCUT2D eigenvalue weighted by atomic mass is 10.0. The molecule has 0 saturated heterocycles. The van der Waals surface area contributed by atoms with Crippen LogP contribution >= 0.6 is 0 Å². The number of nitrogens with one attached hydrogen (secondary N) is 1. The number of hydrogen-bond donors (Lipinski definition) is 1. The van der Waals surface area contributed by atoms with Gasteiger partial charge in [0, 0.05) is 17.7 Å². The zero-order valence-electron chi connectivity index (χ0n) is 15.1. The predicted octanol–water partition coefficient (Wildman–Crippen LogP) is 3.39.